The van der Waals surface area contributed by atoms with E-state index >= 15 is 0 Å². The first-order valence-corrected chi connectivity index (χ1v) is 10.3. The number of benzene rings is 1. The molecule has 1 aromatic heterocycles. The van der Waals surface area contributed by atoms with Gasteiger partial charge in [0.25, 0.3) is 0 Å². The van der Waals surface area contributed by atoms with Crippen LogP contribution >= 0.6 is 24.0 Å². The molecule has 0 aliphatic carbocycles. The van der Waals surface area contributed by atoms with Crippen molar-refractivity contribution in [1.29, 1.82) is 0 Å². The van der Waals surface area contributed by atoms with E-state index in [1.54, 1.807) is 19.3 Å². The van der Waals surface area contributed by atoms with Gasteiger partial charge in [0, 0.05) is 31.9 Å². The zero-order valence-corrected chi connectivity index (χ0v) is 18.4. The van der Waals surface area contributed by atoms with Crippen molar-refractivity contribution < 1.29 is 17.5 Å². The molecule has 28 heavy (non-hydrogen) atoms. The van der Waals surface area contributed by atoms with Gasteiger partial charge < -0.3 is 15.4 Å². The molecular formula is C18H22FIN4O3S. The average Bonchev–Trinajstić information content (AvgIpc) is 3.00. The molecule has 1 aliphatic rings. The lowest BCUT2D eigenvalue weighted by Crippen LogP contribution is -2.43. The van der Waals surface area contributed by atoms with Crippen LogP contribution in [0.15, 0.2) is 47.6 Å². The second kappa shape index (κ2) is 10.0. The molecule has 1 saturated heterocycles. The largest absolute Gasteiger partial charge is 0.439 e. The van der Waals surface area contributed by atoms with Crippen LogP contribution in [0.4, 0.5) is 4.39 Å². The summed E-state index contributed by atoms with van der Waals surface area (Å²) in [6, 6.07) is 9.16. The minimum absolute atomic E-state index is 0. The number of nitrogens with one attached hydrogen (secondary N) is 2. The number of guanidine groups is 1. The van der Waals surface area contributed by atoms with Crippen LogP contribution in [-0.4, -0.2) is 44.0 Å². The van der Waals surface area contributed by atoms with Crippen molar-refractivity contribution in [2.24, 2.45) is 4.99 Å². The van der Waals surface area contributed by atoms with Gasteiger partial charge >= 0.3 is 0 Å². The van der Waals surface area contributed by atoms with E-state index in [4.69, 9.17) is 4.74 Å². The molecule has 0 radical (unpaired) electrons. The van der Waals surface area contributed by atoms with Crippen LogP contribution in [0, 0.1) is 5.82 Å². The fourth-order valence-electron chi connectivity index (χ4n) is 2.68. The number of hydrogen-bond acceptors (Lipinski definition) is 5. The minimum atomic E-state index is -2.94. The first-order chi connectivity index (χ1) is 12.9. The Hall–Kier alpha value is -1.95. The van der Waals surface area contributed by atoms with E-state index in [1.165, 1.54) is 24.3 Å². The monoisotopic (exact) mass is 520 g/mol. The number of sulfone groups is 1. The predicted octanol–water partition coefficient (Wildman–Crippen LogP) is 2.48. The number of nitrogens with zero attached hydrogens (tertiary/aromatic N) is 2. The van der Waals surface area contributed by atoms with Gasteiger partial charge in [0.15, 0.2) is 15.8 Å². The van der Waals surface area contributed by atoms with Crippen LogP contribution in [0.2, 0.25) is 0 Å². The molecule has 1 aliphatic heterocycles. The molecule has 3 rings (SSSR count). The SMILES string of the molecule is CN=C(NCc1ccc(Oc2ccc(F)cc2)nc1)NC1CCS(=O)(=O)C1.I. The fraction of sp³-hybridized carbons (Fsp3) is 0.333. The van der Waals surface area contributed by atoms with Crippen LogP contribution < -0.4 is 15.4 Å². The number of halogens is 2. The van der Waals surface area contributed by atoms with Gasteiger partial charge in [-0.1, -0.05) is 6.07 Å². The van der Waals surface area contributed by atoms with Crippen molar-refractivity contribution in [3.63, 3.8) is 0 Å². The van der Waals surface area contributed by atoms with Crippen molar-refractivity contribution in [2.75, 3.05) is 18.6 Å². The summed E-state index contributed by atoms with van der Waals surface area (Å²) in [5, 5.41) is 6.26. The van der Waals surface area contributed by atoms with Gasteiger partial charge in [0.2, 0.25) is 5.88 Å². The lowest BCUT2D eigenvalue weighted by Gasteiger charge is -2.16. The van der Waals surface area contributed by atoms with Gasteiger partial charge in [-0.05, 0) is 36.2 Å². The lowest BCUT2D eigenvalue weighted by atomic mass is 10.2. The van der Waals surface area contributed by atoms with Crippen LogP contribution in [0.25, 0.3) is 0 Å². The Morgan fingerprint density at radius 2 is 2.04 bits per heavy atom. The number of rotatable bonds is 5. The third-order valence-corrected chi connectivity index (χ3v) is 5.86. The standard InChI is InChI=1S/C18H21FN4O3S.HI/c1-20-18(23-15-8-9-27(24,25)12-15)22-11-13-2-7-17(21-10-13)26-16-5-3-14(19)4-6-16;/h2-7,10,15H,8-9,11-12H2,1H3,(H2,20,22,23);1H. The van der Waals surface area contributed by atoms with E-state index < -0.39 is 9.84 Å². The van der Waals surface area contributed by atoms with E-state index in [0.717, 1.165) is 5.56 Å². The van der Waals surface area contributed by atoms with Crippen LogP contribution in [-0.2, 0) is 16.4 Å². The molecule has 0 spiro atoms. The summed E-state index contributed by atoms with van der Waals surface area (Å²) >= 11 is 0. The quantitative estimate of drug-likeness (QED) is 0.358. The highest BCUT2D eigenvalue weighted by Crippen LogP contribution is 2.19. The lowest BCUT2D eigenvalue weighted by molar-refractivity contribution is 0.461. The summed E-state index contributed by atoms with van der Waals surface area (Å²) in [4.78, 5) is 8.35. The van der Waals surface area contributed by atoms with Crippen LogP contribution in [0.3, 0.4) is 0 Å². The molecule has 1 fully saturated rings. The summed E-state index contributed by atoms with van der Waals surface area (Å²) in [6.45, 7) is 0.475. The van der Waals surface area contributed by atoms with Gasteiger partial charge in [-0.25, -0.2) is 17.8 Å². The smallest absolute Gasteiger partial charge is 0.219 e. The molecule has 0 bridgehead atoms. The fourth-order valence-corrected chi connectivity index (χ4v) is 4.36. The molecule has 0 amide bonds. The van der Waals surface area contributed by atoms with Gasteiger partial charge in [-0.15, -0.1) is 24.0 Å². The van der Waals surface area contributed by atoms with Crippen LogP contribution in [0.1, 0.15) is 12.0 Å². The third kappa shape index (κ3) is 6.59. The summed E-state index contributed by atoms with van der Waals surface area (Å²) in [6.07, 6.45) is 2.25. The average molecular weight is 520 g/mol. The molecule has 1 aromatic carbocycles. The Kier molecular flexibility index (Phi) is 7.98. The summed E-state index contributed by atoms with van der Waals surface area (Å²) < 4.78 is 41.5. The van der Waals surface area contributed by atoms with E-state index in [0.29, 0.717) is 30.6 Å². The number of hydrogen-bond donors (Lipinski definition) is 2. The van der Waals surface area contributed by atoms with Crippen molar-refractivity contribution in [3.8, 4) is 11.6 Å². The number of aliphatic imine (C=N–C) groups is 1. The summed E-state index contributed by atoms with van der Waals surface area (Å²) in [7, 11) is -1.30. The van der Waals surface area contributed by atoms with Crippen molar-refractivity contribution in [2.45, 2.75) is 19.0 Å². The van der Waals surface area contributed by atoms with Crippen molar-refractivity contribution >= 4 is 39.8 Å². The second-order valence-electron chi connectivity index (χ2n) is 6.23. The van der Waals surface area contributed by atoms with Gasteiger partial charge in [0.1, 0.15) is 11.6 Å². The molecule has 152 valence electrons. The van der Waals surface area contributed by atoms with E-state index in [1.807, 2.05) is 6.07 Å². The topological polar surface area (TPSA) is 92.7 Å². The Morgan fingerprint density at radius 3 is 2.61 bits per heavy atom. The summed E-state index contributed by atoms with van der Waals surface area (Å²) in [5.41, 5.74) is 0.906. The highest BCUT2D eigenvalue weighted by molar-refractivity contribution is 14.0. The van der Waals surface area contributed by atoms with E-state index in [-0.39, 0.29) is 47.3 Å². The minimum Gasteiger partial charge on any atom is -0.439 e. The number of aromatic nitrogens is 1. The molecule has 1 atom stereocenters. The molecule has 2 aromatic rings. The molecule has 10 heteroatoms. The Morgan fingerprint density at radius 1 is 1.29 bits per heavy atom. The maximum atomic E-state index is 12.9. The van der Waals surface area contributed by atoms with Gasteiger partial charge in [0.05, 0.1) is 11.5 Å². The maximum absolute atomic E-state index is 12.9. The predicted molar refractivity (Wildman–Crippen MR) is 117 cm³/mol. The zero-order valence-electron chi connectivity index (χ0n) is 15.3. The van der Waals surface area contributed by atoms with Crippen molar-refractivity contribution in [3.05, 3.63) is 54.0 Å². The molecule has 2 N–H and O–H groups in total. The van der Waals surface area contributed by atoms with Gasteiger partial charge in [-0.2, -0.15) is 0 Å². The number of ether oxygens (including phenoxy) is 1. The normalized spacial score (nSPS) is 18.2. The van der Waals surface area contributed by atoms with E-state index in [9.17, 15) is 12.8 Å². The maximum Gasteiger partial charge on any atom is 0.219 e. The first kappa shape index (κ1) is 22.3. The number of pyridine rings is 1. The Balaban J connectivity index is 0.00000280. The zero-order chi connectivity index (χ0) is 19.3. The highest BCUT2D eigenvalue weighted by atomic mass is 127. The van der Waals surface area contributed by atoms with Crippen molar-refractivity contribution in [1.82, 2.24) is 15.6 Å². The molecular weight excluding hydrogens is 498 g/mol. The van der Waals surface area contributed by atoms with E-state index in [2.05, 4.69) is 20.6 Å². The Labute approximate surface area is 180 Å². The third-order valence-electron chi connectivity index (χ3n) is 4.09. The van der Waals surface area contributed by atoms with Crippen LogP contribution in [0.5, 0.6) is 11.6 Å². The molecule has 2 heterocycles. The molecule has 0 saturated carbocycles. The van der Waals surface area contributed by atoms with Gasteiger partial charge in [-0.3, -0.25) is 4.99 Å². The second-order valence-corrected chi connectivity index (χ2v) is 8.46. The molecule has 1 unspecified atom stereocenters. The summed E-state index contributed by atoms with van der Waals surface area (Å²) in [5.74, 6) is 1.47. The first-order valence-electron chi connectivity index (χ1n) is 8.49. The molecule has 7 nitrogen and oxygen atoms in total. The highest BCUT2D eigenvalue weighted by Gasteiger charge is 2.28. The Bertz CT molecular complexity index is 905.